The van der Waals surface area contributed by atoms with Gasteiger partial charge in [-0.3, -0.25) is 3.97 Å². The first-order chi connectivity index (χ1) is 21.7. The molecule has 2 aliphatic rings. The number of fused-ring (bicyclic) bond motifs is 1. The van der Waals surface area contributed by atoms with E-state index < -0.39 is 0 Å². The van der Waals surface area contributed by atoms with Crippen molar-refractivity contribution in [2.75, 3.05) is 51.3 Å². The molecule has 0 bridgehead atoms. The third-order valence-electron chi connectivity index (χ3n) is 8.51. The number of nitriles is 1. The topological polar surface area (TPSA) is 66.5 Å². The van der Waals surface area contributed by atoms with E-state index in [2.05, 4.69) is 87.6 Å². The number of hydrogen-bond acceptors (Lipinski definition) is 7. The van der Waals surface area contributed by atoms with Crippen LogP contribution >= 0.6 is 11.9 Å². The average Bonchev–Trinajstić information content (AvgIpc) is 3.45. The van der Waals surface area contributed by atoms with Crippen LogP contribution in [-0.2, 0) is 4.74 Å². The summed E-state index contributed by atoms with van der Waals surface area (Å²) >= 11 is 1.66. The minimum absolute atomic E-state index is 0.137. The molecule has 0 aliphatic carbocycles. The van der Waals surface area contributed by atoms with Gasteiger partial charge in [0.25, 0.3) is 0 Å². The normalized spacial score (nSPS) is 16.2. The van der Waals surface area contributed by atoms with Crippen molar-refractivity contribution in [1.82, 2.24) is 13.9 Å². The summed E-state index contributed by atoms with van der Waals surface area (Å²) in [5.41, 5.74) is 6.86. The van der Waals surface area contributed by atoms with Crippen LogP contribution in [0.3, 0.4) is 0 Å². The van der Waals surface area contributed by atoms with Crippen LogP contribution < -0.4 is 9.64 Å². The molecule has 44 heavy (non-hydrogen) atoms. The van der Waals surface area contributed by atoms with E-state index in [1.165, 1.54) is 5.69 Å². The molecule has 7 nitrogen and oxygen atoms in total. The zero-order valence-corrected chi connectivity index (χ0v) is 25.7. The number of hydrogen-bond donors (Lipinski definition) is 0. The van der Waals surface area contributed by atoms with E-state index in [1.54, 1.807) is 11.9 Å². The molecular weight excluding hydrogens is 566 g/mol. The average molecular weight is 602 g/mol. The summed E-state index contributed by atoms with van der Waals surface area (Å²) in [5.74, 6) is 0.661. The first-order valence-corrected chi connectivity index (χ1v) is 16.0. The molecular formula is C36H35N5O2S. The van der Waals surface area contributed by atoms with Crippen LogP contribution in [0.1, 0.15) is 18.4 Å². The first-order valence-electron chi connectivity index (χ1n) is 15.2. The van der Waals surface area contributed by atoms with E-state index in [0.29, 0.717) is 11.3 Å². The molecule has 222 valence electrons. The van der Waals surface area contributed by atoms with Gasteiger partial charge in [0.15, 0.2) is 5.65 Å². The van der Waals surface area contributed by atoms with Crippen LogP contribution in [0.15, 0.2) is 96.0 Å². The quantitative estimate of drug-likeness (QED) is 0.197. The SMILES string of the molecule is CN1CCC(Oc2ccc(-c3ccnc4c3cc(-c3ccc(N5CCOCC5)cc3)n4Sc3ccccc3)cc2C#N)CC1. The standard InChI is InChI=1S/C36H35N5O2S/c1-39-17-14-30(15-18-39)43-35-12-9-27(23-28(35)25-37)32-13-16-38-36-33(32)24-34(41(36)44-31-5-3-2-4-6-31)26-7-10-29(11-8-26)40-19-21-42-22-20-40/h2-13,16,23-24,30H,14-15,17-22H2,1H3. The van der Waals surface area contributed by atoms with Gasteiger partial charge < -0.3 is 19.3 Å². The zero-order valence-electron chi connectivity index (χ0n) is 24.9. The van der Waals surface area contributed by atoms with E-state index >= 15 is 0 Å². The van der Waals surface area contributed by atoms with Crippen molar-refractivity contribution in [1.29, 1.82) is 5.26 Å². The van der Waals surface area contributed by atoms with Crippen LogP contribution in [0.2, 0.25) is 0 Å². The van der Waals surface area contributed by atoms with Gasteiger partial charge in [-0.25, -0.2) is 4.98 Å². The number of rotatable bonds is 7. The molecule has 0 spiro atoms. The second-order valence-corrected chi connectivity index (χ2v) is 12.4. The lowest BCUT2D eigenvalue weighted by Crippen LogP contribution is -2.36. The van der Waals surface area contributed by atoms with Crippen molar-refractivity contribution in [2.24, 2.45) is 0 Å². The van der Waals surface area contributed by atoms with Crippen molar-refractivity contribution in [3.8, 4) is 34.2 Å². The first kappa shape index (κ1) is 28.5. The lowest BCUT2D eigenvalue weighted by Gasteiger charge is -2.29. The third kappa shape index (κ3) is 5.91. The van der Waals surface area contributed by atoms with E-state index in [-0.39, 0.29) is 6.10 Å². The van der Waals surface area contributed by atoms with Crippen molar-refractivity contribution in [3.63, 3.8) is 0 Å². The number of aromatic nitrogens is 2. The summed E-state index contributed by atoms with van der Waals surface area (Å²) in [5, 5.41) is 11.1. The summed E-state index contributed by atoms with van der Waals surface area (Å²) < 4.78 is 14.1. The molecule has 7 rings (SSSR count). The minimum Gasteiger partial charge on any atom is -0.489 e. The number of benzene rings is 3. The van der Waals surface area contributed by atoms with Crippen molar-refractivity contribution in [2.45, 2.75) is 23.8 Å². The third-order valence-corrected chi connectivity index (χ3v) is 9.55. The summed E-state index contributed by atoms with van der Waals surface area (Å²) in [6.07, 6.45) is 3.94. The van der Waals surface area contributed by atoms with Gasteiger partial charge in [0.2, 0.25) is 0 Å². The van der Waals surface area contributed by atoms with Crippen LogP contribution in [0.25, 0.3) is 33.4 Å². The molecule has 0 saturated carbocycles. The Balaban J connectivity index is 1.27. The van der Waals surface area contributed by atoms with Gasteiger partial charge in [-0.2, -0.15) is 5.26 Å². The molecule has 0 unspecified atom stereocenters. The Labute approximate surface area is 262 Å². The van der Waals surface area contributed by atoms with Crippen molar-refractivity contribution < 1.29 is 9.47 Å². The molecule has 2 saturated heterocycles. The summed E-state index contributed by atoms with van der Waals surface area (Å²) in [6, 6.07) is 31.8. The van der Waals surface area contributed by atoms with E-state index in [4.69, 9.17) is 14.5 Å². The Hall–Kier alpha value is -4.29. The molecule has 2 aromatic heterocycles. The van der Waals surface area contributed by atoms with Crippen LogP contribution in [0.4, 0.5) is 5.69 Å². The summed E-state index contributed by atoms with van der Waals surface area (Å²) in [7, 11) is 2.14. The Morgan fingerprint density at radius 1 is 0.886 bits per heavy atom. The van der Waals surface area contributed by atoms with Gasteiger partial charge in [0, 0.05) is 48.3 Å². The fraction of sp³-hybridized carbons (Fsp3) is 0.278. The molecule has 2 aliphatic heterocycles. The minimum atomic E-state index is 0.137. The fourth-order valence-electron chi connectivity index (χ4n) is 6.04. The predicted octanol–water partition coefficient (Wildman–Crippen LogP) is 7.11. The molecule has 0 radical (unpaired) electrons. The Morgan fingerprint density at radius 2 is 1.64 bits per heavy atom. The van der Waals surface area contributed by atoms with E-state index in [0.717, 1.165) is 90.5 Å². The number of piperidine rings is 1. The van der Waals surface area contributed by atoms with Gasteiger partial charge in [0.05, 0.1) is 24.5 Å². The second-order valence-electron chi connectivity index (χ2n) is 11.4. The highest BCUT2D eigenvalue weighted by atomic mass is 32.2. The van der Waals surface area contributed by atoms with E-state index in [1.807, 2.05) is 30.5 Å². The molecule has 2 fully saturated rings. The molecule has 3 aromatic carbocycles. The maximum atomic E-state index is 10.1. The van der Waals surface area contributed by atoms with Crippen LogP contribution in [-0.4, -0.2) is 66.4 Å². The highest BCUT2D eigenvalue weighted by molar-refractivity contribution is 7.98. The highest BCUT2D eigenvalue weighted by Crippen LogP contribution is 2.39. The number of anilines is 1. The monoisotopic (exact) mass is 601 g/mol. The summed E-state index contributed by atoms with van der Waals surface area (Å²) in [6.45, 7) is 5.35. The van der Waals surface area contributed by atoms with Crippen molar-refractivity contribution >= 4 is 28.7 Å². The van der Waals surface area contributed by atoms with Crippen LogP contribution in [0.5, 0.6) is 5.75 Å². The van der Waals surface area contributed by atoms with Gasteiger partial charge >= 0.3 is 0 Å². The Morgan fingerprint density at radius 3 is 2.39 bits per heavy atom. The lowest BCUT2D eigenvalue weighted by atomic mass is 10.0. The van der Waals surface area contributed by atoms with Crippen LogP contribution in [0, 0.1) is 11.3 Å². The largest absolute Gasteiger partial charge is 0.489 e. The molecule has 0 N–H and O–H groups in total. The number of ether oxygens (including phenoxy) is 2. The Kier molecular flexibility index (Phi) is 8.25. The maximum absolute atomic E-state index is 10.1. The van der Waals surface area contributed by atoms with Gasteiger partial charge in [-0.1, -0.05) is 36.4 Å². The van der Waals surface area contributed by atoms with Gasteiger partial charge in [-0.15, -0.1) is 0 Å². The van der Waals surface area contributed by atoms with Crippen molar-refractivity contribution in [3.05, 3.63) is 96.7 Å². The zero-order chi connectivity index (χ0) is 29.9. The molecule has 0 atom stereocenters. The summed E-state index contributed by atoms with van der Waals surface area (Å²) in [4.78, 5) is 10.7. The number of morpholine rings is 1. The molecule has 5 aromatic rings. The number of pyridine rings is 1. The molecule has 8 heteroatoms. The smallest absolute Gasteiger partial charge is 0.151 e. The van der Waals surface area contributed by atoms with Gasteiger partial charge in [0.1, 0.15) is 17.9 Å². The fourth-order valence-corrected chi connectivity index (χ4v) is 7.02. The van der Waals surface area contributed by atoms with E-state index in [9.17, 15) is 5.26 Å². The molecule has 0 amide bonds. The van der Waals surface area contributed by atoms with Gasteiger partial charge in [-0.05, 0) is 97.1 Å². The second kappa shape index (κ2) is 12.7. The molecule has 4 heterocycles. The Bertz CT molecular complexity index is 1780. The lowest BCUT2D eigenvalue weighted by molar-refractivity contribution is 0.114. The number of likely N-dealkylation sites (tertiary alicyclic amines) is 1. The highest BCUT2D eigenvalue weighted by Gasteiger charge is 2.21. The predicted molar refractivity (Wildman–Crippen MR) is 177 cm³/mol. The maximum Gasteiger partial charge on any atom is 0.151 e. The number of nitrogens with zero attached hydrogens (tertiary/aromatic N) is 5.